The van der Waals surface area contributed by atoms with Gasteiger partial charge in [-0.05, 0) is 36.1 Å². The molecule has 0 spiro atoms. The Balaban J connectivity index is 1.58. The van der Waals surface area contributed by atoms with Crippen molar-refractivity contribution in [3.05, 3.63) is 82.3 Å². The molecule has 2 aromatic carbocycles. The van der Waals surface area contributed by atoms with E-state index in [0.29, 0.717) is 19.6 Å². The maximum atomic E-state index is 12.1. The fourth-order valence-electron chi connectivity index (χ4n) is 2.80. The van der Waals surface area contributed by atoms with Gasteiger partial charge in [-0.3, -0.25) is 0 Å². The molecule has 0 bridgehead atoms. The number of ether oxygens (including phenoxy) is 2. The first kappa shape index (κ1) is 20.9. The lowest BCUT2D eigenvalue weighted by atomic mass is 10.1. The lowest BCUT2D eigenvalue weighted by molar-refractivity contribution is 0.140. The Morgan fingerprint density at radius 2 is 1.90 bits per heavy atom. The minimum absolute atomic E-state index is 0.222. The summed E-state index contributed by atoms with van der Waals surface area (Å²) in [6.07, 6.45) is 3.83. The highest BCUT2D eigenvalue weighted by Gasteiger charge is 2.18. The summed E-state index contributed by atoms with van der Waals surface area (Å²) in [6, 6.07) is 17.8. The second kappa shape index (κ2) is 11.2. The van der Waals surface area contributed by atoms with E-state index in [9.17, 15) is 4.79 Å². The summed E-state index contributed by atoms with van der Waals surface area (Å²) in [5.41, 5.74) is 2.22. The van der Waals surface area contributed by atoms with Crippen LogP contribution < -0.4 is 10.1 Å². The molecule has 5 nitrogen and oxygen atoms in total. The molecule has 0 saturated carbocycles. The first-order valence-corrected chi connectivity index (χ1v) is 10.7. The Morgan fingerprint density at radius 1 is 1.10 bits per heavy atom. The number of aromatic nitrogens is 1. The number of rotatable bonds is 10. The van der Waals surface area contributed by atoms with E-state index in [4.69, 9.17) is 9.47 Å². The molecular weight excluding hydrogens is 384 g/mol. The number of alkyl carbamates (subject to hydrolysis) is 1. The van der Waals surface area contributed by atoms with Crippen LogP contribution in [0.3, 0.4) is 0 Å². The van der Waals surface area contributed by atoms with Crippen molar-refractivity contribution in [2.45, 2.75) is 38.8 Å². The highest BCUT2D eigenvalue weighted by molar-refractivity contribution is 7.09. The molecule has 0 radical (unpaired) electrons. The highest BCUT2D eigenvalue weighted by Crippen LogP contribution is 2.22. The van der Waals surface area contributed by atoms with Crippen molar-refractivity contribution in [1.82, 2.24) is 10.3 Å². The normalized spacial score (nSPS) is 11.6. The van der Waals surface area contributed by atoms with E-state index in [2.05, 4.69) is 17.2 Å². The lowest BCUT2D eigenvalue weighted by Crippen LogP contribution is -2.30. The van der Waals surface area contributed by atoms with E-state index in [0.717, 1.165) is 34.7 Å². The number of hydrogen-bond acceptors (Lipinski definition) is 5. The van der Waals surface area contributed by atoms with Crippen LogP contribution >= 0.6 is 11.3 Å². The van der Waals surface area contributed by atoms with Crippen LogP contribution in [-0.2, 0) is 17.8 Å². The number of carbonyl (C=O) groups is 1. The molecule has 0 fully saturated rings. The van der Waals surface area contributed by atoms with Gasteiger partial charge in [-0.2, -0.15) is 0 Å². The summed E-state index contributed by atoms with van der Waals surface area (Å²) in [7, 11) is 0. The predicted molar refractivity (Wildman–Crippen MR) is 115 cm³/mol. The third kappa shape index (κ3) is 6.91. The molecular formula is C23H26N2O3S. The van der Waals surface area contributed by atoms with Crippen LogP contribution in [0.1, 0.15) is 41.9 Å². The van der Waals surface area contributed by atoms with Crippen molar-refractivity contribution in [3.63, 3.8) is 0 Å². The number of thiazole rings is 1. The first-order chi connectivity index (χ1) is 14.2. The second-order valence-corrected chi connectivity index (χ2v) is 7.61. The third-order valence-electron chi connectivity index (χ3n) is 4.38. The molecule has 6 heteroatoms. The fourth-order valence-corrected chi connectivity index (χ4v) is 3.49. The molecule has 29 heavy (non-hydrogen) atoms. The van der Waals surface area contributed by atoms with E-state index < -0.39 is 6.09 Å². The Labute approximate surface area is 175 Å². The second-order valence-electron chi connectivity index (χ2n) is 6.68. The molecule has 1 atom stereocenters. The zero-order chi connectivity index (χ0) is 20.3. The lowest BCUT2D eigenvalue weighted by Gasteiger charge is -2.17. The molecule has 1 amide bonds. The van der Waals surface area contributed by atoms with Crippen molar-refractivity contribution in [2.75, 3.05) is 6.61 Å². The molecule has 1 aromatic heterocycles. The predicted octanol–water partition coefficient (Wildman–Crippen LogP) is 5.53. The van der Waals surface area contributed by atoms with Gasteiger partial charge in [0.1, 0.15) is 17.4 Å². The van der Waals surface area contributed by atoms with Gasteiger partial charge in [0, 0.05) is 11.6 Å². The van der Waals surface area contributed by atoms with Crippen molar-refractivity contribution in [2.24, 2.45) is 0 Å². The topological polar surface area (TPSA) is 60.5 Å². The van der Waals surface area contributed by atoms with Crippen LogP contribution in [0.25, 0.3) is 0 Å². The number of amides is 1. The number of hydrogen-bond donors (Lipinski definition) is 1. The zero-order valence-corrected chi connectivity index (χ0v) is 17.4. The Hall–Kier alpha value is -2.86. The van der Waals surface area contributed by atoms with Gasteiger partial charge in [0.15, 0.2) is 0 Å². The van der Waals surface area contributed by atoms with Crippen molar-refractivity contribution < 1.29 is 14.3 Å². The van der Waals surface area contributed by atoms with Gasteiger partial charge >= 0.3 is 6.09 Å². The van der Waals surface area contributed by atoms with E-state index in [-0.39, 0.29) is 6.04 Å². The fraction of sp³-hybridized carbons (Fsp3) is 0.304. The number of nitrogens with one attached hydrogen (secondary N) is 1. The van der Waals surface area contributed by atoms with Crippen molar-refractivity contribution in [3.8, 4) is 5.75 Å². The number of unbranched alkanes of at least 4 members (excludes halogenated alkanes) is 1. The highest BCUT2D eigenvalue weighted by atomic mass is 32.1. The Bertz CT molecular complexity index is 852. The summed E-state index contributed by atoms with van der Waals surface area (Å²) in [5.74, 6) is 0.815. The van der Waals surface area contributed by atoms with E-state index >= 15 is 0 Å². The smallest absolute Gasteiger partial charge is 0.407 e. The van der Waals surface area contributed by atoms with Crippen LogP contribution in [0.5, 0.6) is 5.75 Å². The summed E-state index contributed by atoms with van der Waals surface area (Å²) in [4.78, 5) is 16.5. The van der Waals surface area contributed by atoms with Crippen LogP contribution in [0.2, 0.25) is 0 Å². The van der Waals surface area contributed by atoms with Gasteiger partial charge in [0.2, 0.25) is 0 Å². The molecule has 152 valence electrons. The van der Waals surface area contributed by atoms with Crippen LogP contribution in [0, 0.1) is 0 Å². The van der Waals surface area contributed by atoms with Gasteiger partial charge in [-0.15, -0.1) is 11.3 Å². The molecule has 3 aromatic rings. The van der Waals surface area contributed by atoms with Gasteiger partial charge in [-0.1, -0.05) is 55.8 Å². The minimum Gasteiger partial charge on any atom is -0.489 e. The van der Waals surface area contributed by atoms with Crippen LogP contribution in [0.4, 0.5) is 4.79 Å². The van der Waals surface area contributed by atoms with Gasteiger partial charge in [0.25, 0.3) is 0 Å². The molecule has 0 aliphatic heterocycles. The molecule has 1 N–H and O–H groups in total. The Kier molecular flexibility index (Phi) is 8.07. The maximum absolute atomic E-state index is 12.1. The average molecular weight is 411 g/mol. The largest absolute Gasteiger partial charge is 0.489 e. The van der Waals surface area contributed by atoms with Gasteiger partial charge in [-0.25, -0.2) is 9.78 Å². The molecule has 0 saturated heterocycles. The number of nitrogens with zero attached hydrogens (tertiary/aromatic N) is 1. The van der Waals surface area contributed by atoms with E-state index in [1.165, 1.54) is 11.3 Å². The molecule has 1 heterocycles. The van der Waals surface area contributed by atoms with E-state index in [1.807, 2.05) is 60.0 Å². The average Bonchev–Trinajstić information content (AvgIpc) is 3.29. The molecule has 3 rings (SSSR count). The zero-order valence-electron chi connectivity index (χ0n) is 16.5. The standard InChI is InChI=1S/C23H26N2O3S/c1-2-3-14-27-23(26)25-21(22-24-13-15-29-22)16-18-9-11-20(12-10-18)28-17-19-7-5-4-6-8-19/h4-13,15,21H,2-3,14,16-17H2,1H3,(H,25,26)/t21-/m0/s1. The SMILES string of the molecule is CCCCOC(=O)N[C@@H](Cc1ccc(OCc2ccccc2)cc1)c1nccs1. The summed E-state index contributed by atoms with van der Waals surface area (Å²) >= 11 is 1.52. The maximum Gasteiger partial charge on any atom is 0.407 e. The summed E-state index contributed by atoms with van der Waals surface area (Å²) in [5, 5.41) is 5.72. The van der Waals surface area contributed by atoms with Crippen molar-refractivity contribution >= 4 is 17.4 Å². The van der Waals surface area contributed by atoms with Gasteiger partial charge in [0.05, 0.1) is 12.6 Å². The van der Waals surface area contributed by atoms with E-state index in [1.54, 1.807) is 6.20 Å². The molecule has 0 unspecified atom stereocenters. The monoisotopic (exact) mass is 410 g/mol. The molecule has 0 aliphatic carbocycles. The van der Waals surface area contributed by atoms with Crippen molar-refractivity contribution in [1.29, 1.82) is 0 Å². The summed E-state index contributed by atoms with van der Waals surface area (Å²) < 4.78 is 11.1. The third-order valence-corrected chi connectivity index (χ3v) is 5.27. The minimum atomic E-state index is -0.401. The summed E-state index contributed by atoms with van der Waals surface area (Å²) in [6.45, 7) is 3.03. The number of benzene rings is 2. The van der Waals surface area contributed by atoms with Gasteiger partial charge < -0.3 is 14.8 Å². The van der Waals surface area contributed by atoms with Crippen LogP contribution in [-0.4, -0.2) is 17.7 Å². The first-order valence-electron chi connectivity index (χ1n) is 9.83. The molecule has 0 aliphatic rings. The Morgan fingerprint density at radius 3 is 2.59 bits per heavy atom. The number of carbonyl (C=O) groups excluding carboxylic acids is 1. The van der Waals surface area contributed by atoms with Crippen LogP contribution in [0.15, 0.2) is 66.2 Å². The quantitative estimate of drug-likeness (QED) is 0.446.